The smallest absolute Gasteiger partial charge is 0.200 e. The topological polar surface area (TPSA) is 75.5 Å². The highest BCUT2D eigenvalue weighted by Crippen LogP contribution is 2.10. The number of hydrogen-bond acceptors (Lipinski definition) is 5. The number of nitrogens with two attached hydrogens (primary N) is 1. The molecule has 0 aromatic rings. The molecule has 0 bridgehead atoms. The summed E-state index contributed by atoms with van der Waals surface area (Å²) >= 11 is 3.11. The SMILES string of the molecule is NC1=NC(Br)=NC2=NC=NC12. The van der Waals surface area contributed by atoms with Crippen LogP contribution in [0.25, 0.3) is 0 Å². The summed E-state index contributed by atoms with van der Waals surface area (Å²) in [6, 6.07) is -0.253. The van der Waals surface area contributed by atoms with Crippen molar-refractivity contribution in [3.8, 4) is 0 Å². The van der Waals surface area contributed by atoms with Gasteiger partial charge in [0, 0.05) is 0 Å². The van der Waals surface area contributed by atoms with Crippen molar-refractivity contribution in [3.63, 3.8) is 0 Å². The van der Waals surface area contributed by atoms with Crippen LogP contribution in [0, 0.1) is 0 Å². The number of amidine groups is 3. The van der Waals surface area contributed by atoms with E-state index in [2.05, 4.69) is 35.9 Å². The molecule has 56 valence electrons. The summed E-state index contributed by atoms with van der Waals surface area (Å²) in [6.45, 7) is 0. The third-order valence-electron chi connectivity index (χ3n) is 1.36. The van der Waals surface area contributed by atoms with Crippen LogP contribution in [0.3, 0.4) is 0 Å². The minimum absolute atomic E-state index is 0.253. The first kappa shape index (κ1) is 6.66. The first-order valence-electron chi connectivity index (χ1n) is 2.95. The van der Waals surface area contributed by atoms with Gasteiger partial charge in [0.15, 0.2) is 16.6 Å². The third kappa shape index (κ3) is 0.988. The Labute approximate surface area is 71.0 Å². The lowest BCUT2D eigenvalue weighted by Crippen LogP contribution is -2.35. The molecule has 0 amide bonds. The molecule has 0 spiro atoms. The molecule has 2 heterocycles. The van der Waals surface area contributed by atoms with Crippen LogP contribution in [-0.4, -0.2) is 28.8 Å². The number of nitrogens with zero attached hydrogens (tertiary/aromatic N) is 4. The molecule has 11 heavy (non-hydrogen) atoms. The molecule has 0 aromatic carbocycles. The third-order valence-corrected chi connectivity index (χ3v) is 1.71. The van der Waals surface area contributed by atoms with Crippen molar-refractivity contribution in [1.82, 2.24) is 0 Å². The maximum absolute atomic E-state index is 5.55. The van der Waals surface area contributed by atoms with Gasteiger partial charge in [-0.1, -0.05) is 0 Å². The predicted octanol–water partition coefficient (Wildman–Crippen LogP) is -0.0829. The molecule has 1 atom stereocenters. The summed E-state index contributed by atoms with van der Waals surface area (Å²) in [7, 11) is 0. The molecule has 2 N–H and O–H groups in total. The van der Waals surface area contributed by atoms with E-state index >= 15 is 0 Å². The molecule has 0 aliphatic carbocycles. The fourth-order valence-electron chi connectivity index (χ4n) is 0.882. The quantitative estimate of drug-likeness (QED) is 0.562. The predicted molar refractivity (Wildman–Crippen MR) is 47.7 cm³/mol. The fourth-order valence-corrected chi connectivity index (χ4v) is 1.27. The van der Waals surface area contributed by atoms with Crippen LogP contribution < -0.4 is 5.73 Å². The second kappa shape index (κ2) is 2.23. The van der Waals surface area contributed by atoms with Crippen molar-refractivity contribution >= 4 is 38.7 Å². The van der Waals surface area contributed by atoms with Crippen molar-refractivity contribution in [1.29, 1.82) is 0 Å². The highest BCUT2D eigenvalue weighted by atomic mass is 79.9. The number of aliphatic imine (C=N–C) groups is 4. The van der Waals surface area contributed by atoms with Crippen LogP contribution in [0.5, 0.6) is 0 Å². The van der Waals surface area contributed by atoms with E-state index in [1.54, 1.807) is 0 Å². The van der Waals surface area contributed by atoms with Crippen molar-refractivity contribution in [2.75, 3.05) is 0 Å². The Balaban J connectivity index is 2.45. The first-order valence-corrected chi connectivity index (χ1v) is 3.74. The van der Waals surface area contributed by atoms with Gasteiger partial charge in [-0.25, -0.2) is 15.0 Å². The van der Waals surface area contributed by atoms with Gasteiger partial charge in [-0.05, 0) is 15.9 Å². The number of halogens is 1. The lowest BCUT2D eigenvalue weighted by molar-refractivity contribution is 1.12. The summed E-state index contributed by atoms with van der Waals surface area (Å²) in [6.07, 6.45) is 1.44. The van der Waals surface area contributed by atoms with Crippen LogP contribution in [0.1, 0.15) is 0 Å². The average Bonchev–Trinajstić information content (AvgIpc) is 2.34. The lowest BCUT2D eigenvalue weighted by Gasteiger charge is -2.10. The zero-order chi connectivity index (χ0) is 7.84. The van der Waals surface area contributed by atoms with Gasteiger partial charge in [-0.2, -0.15) is 0 Å². The zero-order valence-corrected chi connectivity index (χ0v) is 6.98. The lowest BCUT2D eigenvalue weighted by atomic mass is 10.2. The second-order valence-corrected chi connectivity index (χ2v) is 2.78. The Morgan fingerprint density at radius 3 is 3.09 bits per heavy atom. The molecule has 1 unspecified atom stereocenters. The second-order valence-electron chi connectivity index (χ2n) is 2.07. The molecule has 5 nitrogen and oxygen atoms in total. The maximum Gasteiger partial charge on any atom is 0.200 e. The summed E-state index contributed by atoms with van der Waals surface area (Å²) in [4.78, 5) is 15.7. The van der Waals surface area contributed by atoms with E-state index in [1.807, 2.05) is 0 Å². The Morgan fingerprint density at radius 1 is 1.45 bits per heavy atom. The van der Waals surface area contributed by atoms with E-state index in [-0.39, 0.29) is 6.04 Å². The molecule has 2 aliphatic heterocycles. The fraction of sp³-hybridized carbons (Fsp3) is 0.200. The average molecular weight is 214 g/mol. The van der Waals surface area contributed by atoms with Gasteiger partial charge in [-0.3, -0.25) is 4.99 Å². The summed E-state index contributed by atoms with van der Waals surface area (Å²) in [5.74, 6) is 1.03. The van der Waals surface area contributed by atoms with Crippen LogP contribution in [0.2, 0.25) is 0 Å². The number of fused-ring (bicyclic) bond motifs is 1. The van der Waals surface area contributed by atoms with Gasteiger partial charge in [0.05, 0.1) is 0 Å². The molecular weight excluding hydrogens is 210 g/mol. The Morgan fingerprint density at radius 2 is 2.27 bits per heavy atom. The largest absolute Gasteiger partial charge is 0.385 e. The van der Waals surface area contributed by atoms with Crippen molar-refractivity contribution in [2.24, 2.45) is 25.7 Å². The molecule has 0 fully saturated rings. The zero-order valence-electron chi connectivity index (χ0n) is 5.40. The van der Waals surface area contributed by atoms with Crippen molar-refractivity contribution < 1.29 is 0 Å². The summed E-state index contributed by atoms with van der Waals surface area (Å²) in [5, 5.41) is 0. The minimum atomic E-state index is -0.253. The molecule has 2 aliphatic rings. The monoisotopic (exact) mass is 213 g/mol. The van der Waals surface area contributed by atoms with Crippen LogP contribution >= 0.6 is 15.9 Å². The Bertz CT molecular complexity index is 313. The van der Waals surface area contributed by atoms with E-state index in [0.29, 0.717) is 16.4 Å². The number of hydrogen-bond donors (Lipinski definition) is 1. The van der Waals surface area contributed by atoms with Gasteiger partial charge in [0.2, 0.25) is 0 Å². The van der Waals surface area contributed by atoms with Crippen molar-refractivity contribution in [3.05, 3.63) is 0 Å². The maximum atomic E-state index is 5.55. The summed E-state index contributed by atoms with van der Waals surface area (Å²) in [5.41, 5.74) is 5.55. The standard InChI is InChI=1S/C5H4BrN5/c6-5-10-3(7)2-4(11-5)9-1-8-2/h1-2H,(H2,7,8,9,10,11). The van der Waals surface area contributed by atoms with Gasteiger partial charge in [-0.15, -0.1) is 0 Å². The first-order chi connectivity index (χ1) is 5.27. The molecule has 6 heteroatoms. The van der Waals surface area contributed by atoms with E-state index in [9.17, 15) is 0 Å². The van der Waals surface area contributed by atoms with E-state index < -0.39 is 0 Å². The normalized spacial score (nSPS) is 27.4. The molecular formula is C5H4BrN5. The molecule has 0 saturated heterocycles. The van der Waals surface area contributed by atoms with Crippen molar-refractivity contribution in [2.45, 2.75) is 6.04 Å². The van der Waals surface area contributed by atoms with Crippen LogP contribution in [0.15, 0.2) is 20.0 Å². The molecule has 0 saturated carbocycles. The highest BCUT2D eigenvalue weighted by Gasteiger charge is 2.25. The Kier molecular flexibility index (Phi) is 1.35. The molecule has 2 rings (SSSR count). The van der Waals surface area contributed by atoms with Gasteiger partial charge < -0.3 is 5.73 Å². The van der Waals surface area contributed by atoms with Crippen LogP contribution in [-0.2, 0) is 0 Å². The van der Waals surface area contributed by atoms with E-state index in [0.717, 1.165) is 0 Å². The van der Waals surface area contributed by atoms with Crippen LogP contribution in [0.4, 0.5) is 0 Å². The van der Waals surface area contributed by atoms with Gasteiger partial charge >= 0.3 is 0 Å². The Hall–Kier alpha value is -1.04. The van der Waals surface area contributed by atoms with Gasteiger partial charge in [0.25, 0.3) is 0 Å². The summed E-state index contributed by atoms with van der Waals surface area (Å²) < 4.78 is 0.454. The molecule has 0 aromatic heterocycles. The minimum Gasteiger partial charge on any atom is -0.385 e. The number of rotatable bonds is 0. The van der Waals surface area contributed by atoms with E-state index in [4.69, 9.17) is 5.73 Å². The van der Waals surface area contributed by atoms with Gasteiger partial charge in [0.1, 0.15) is 12.2 Å². The van der Waals surface area contributed by atoms with E-state index in [1.165, 1.54) is 6.34 Å². The highest BCUT2D eigenvalue weighted by molar-refractivity contribution is 9.18. The molecule has 0 radical (unpaired) electrons.